The van der Waals surface area contributed by atoms with Crippen molar-refractivity contribution in [2.45, 2.75) is 13.5 Å². The average molecular weight is 287 g/mol. The molecule has 6 nitrogen and oxygen atoms in total. The van der Waals surface area contributed by atoms with E-state index in [4.69, 9.17) is 0 Å². The number of carbonyl (C=O) groups excluding carboxylic acids is 1. The van der Waals surface area contributed by atoms with Gasteiger partial charge in [0.05, 0.1) is 11.7 Å². The first-order chi connectivity index (χ1) is 9.74. The van der Waals surface area contributed by atoms with Crippen LogP contribution in [0.5, 0.6) is 0 Å². The summed E-state index contributed by atoms with van der Waals surface area (Å²) >= 11 is 1.15. The molecule has 2 aromatic heterocycles. The maximum Gasteiger partial charge on any atom is 0.251 e. The van der Waals surface area contributed by atoms with E-state index in [1.807, 2.05) is 23.8 Å². The van der Waals surface area contributed by atoms with Gasteiger partial charge < -0.3 is 9.88 Å². The first kappa shape index (κ1) is 12.7. The highest BCUT2D eigenvalue weighted by atomic mass is 32.1. The summed E-state index contributed by atoms with van der Waals surface area (Å²) in [6.45, 7) is 3.20. The molecule has 1 amide bonds. The number of hydrogen-bond donors (Lipinski definition) is 1. The van der Waals surface area contributed by atoms with Crippen LogP contribution in [0.1, 0.15) is 16.2 Å². The molecule has 1 aromatic carbocycles. The highest BCUT2D eigenvalue weighted by Crippen LogP contribution is 2.13. The van der Waals surface area contributed by atoms with Crippen molar-refractivity contribution in [3.63, 3.8) is 0 Å². The van der Waals surface area contributed by atoms with Crippen LogP contribution in [0.25, 0.3) is 11.0 Å². The summed E-state index contributed by atoms with van der Waals surface area (Å²) < 4.78 is 10.2. The number of benzene rings is 1. The predicted molar refractivity (Wildman–Crippen MR) is 76.7 cm³/mol. The van der Waals surface area contributed by atoms with Crippen LogP contribution < -0.4 is 5.32 Å². The van der Waals surface area contributed by atoms with Crippen molar-refractivity contribution in [3.05, 3.63) is 42.0 Å². The molecule has 0 aliphatic rings. The average Bonchev–Trinajstić information content (AvgIpc) is 3.07. The molecule has 0 aliphatic carbocycles. The smallest absolute Gasteiger partial charge is 0.251 e. The van der Waals surface area contributed by atoms with Gasteiger partial charge in [0.1, 0.15) is 16.9 Å². The van der Waals surface area contributed by atoms with Gasteiger partial charge in [0.25, 0.3) is 5.91 Å². The van der Waals surface area contributed by atoms with Crippen LogP contribution >= 0.6 is 11.7 Å². The van der Waals surface area contributed by atoms with E-state index in [0.29, 0.717) is 18.7 Å². The molecule has 0 saturated heterocycles. The van der Waals surface area contributed by atoms with Crippen molar-refractivity contribution in [3.8, 4) is 0 Å². The second-order valence-electron chi connectivity index (χ2n) is 4.39. The third-order valence-electron chi connectivity index (χ3n) is 3.08. The fraction of sp³-hybridized carbons (Fsp3) is 0.231. The van der Waals surface area contributed by atoms with E-state index in [-0.39, 0.29) is 5.91 Å². The molecule has 0 saturated carbocycles. The summed E-state index contributed by atoms with van der Waals surface area (Å²) in [5, 5.41) is 2.89. The Morgan fingerprint density at radius 1 is 1.35 bits per heavy atom. The molecule has 0 unspecified atom stereocenters. The summed E-state index contributed by atoms with van der Waals surface area (Å²) in [6, 6.07) is 5.34. The van der Waals surface area contributed by atoms with E-state index in [2.05, 4.69) is 19.0 Å². The summed E-state index contributed by atoms with van der Waals surface area (Å²) in [4.78, 5) is 16.2. The lowest BCUT2D eigenvalue weighted by molar-refractivity contribution is 0.0952. The maximum absolute atomic E-state index is 12.0. The molecule has 102 valence electrons. The molecule has 3 aromatic rings. The van der Waals surface area contributed by atoms with E-state index in [0.717, 1.165) is 28.6 Å². The zero-order valence-electron chi connectivity index (χ0n) is 10.9. The van der Waals surface area contributed by atoms with Gasteiger partial charge >= 0.3 is 0 Å². The topological polar surface area (TPSA) is 72.7 Å². The van der Waals surface area contributed by atoms with Crippen molar-refractivity contribution in [1.82, 2.24) is 23.6 Å². The third-order valence-corrected chi connectivity index (χ3v) is 3.63. The fourth-order valence-corrected chi connectivity index (χ4v) is 2.47. The molecule has 20 heavy (non-hydrogen) atoms. The molecule has 7 heteroatoms. The lowest BCUT2D eigenvalue weighted by atomic mass is 10.2. The SMILES string of the molecule is Cc1nccn1CCNC(=O)c1ccc2nsnc2c1. The van der Waals surface area contributed by atoms with E-state index in [1.54, 1.807) is 18.3 Å². The van der Waals surface area contributed by atoms with Crippen molar-refractivity contribution < 1.29 is 4.79 Å². The number of nitrogens with one attached hydrogen (secondary N) is 1. The maximum atomic E-state index is 12.0. The molecular weight excluding hydrogens is 274 g/mol. The summed E-state index contributed by atoms with van der Waals surface area (Å²) in [5.74, 6) is 0.840. The Bertz CT molecular complexity index is 748. The number of nitrogens with zero attached hydrogens (tertiary/aromatic N) is 4. The minimum absolute atomic E-state index is 0.0994. The minimum atomic E-state index is -0.0994. The largest absolute Gasteiger partial charge is 0.350 e. The van der Waals surface area contributed by atoms with Crippen molar-refractivity contribution in [2.75, 3.05) is 6.54 Å². The van der Waals surface area contributed by atoms with E-state index in [1.165, 1.54) is 0 Å². The number of amides is 1. The monoisotopic (exact) mass is 287 g/mol. The molecule has 0 bridgehead atoms. The Morgan fingerprint density at radius 3 is 3.00 bits per heavy atom. The molecule has 0 atom stereocenters. The molecule has 1 N–H and O–H groups in total. The first-order valence-electron chi connectivity index (χ1n) is 6.22. The van der Waals surface area contributed by atoms with Crippen molar-refractivity contribution in [2.24, 2.45) is 0 Å². The molecule has 0 aliphatic heterocycles. The predicted octanol–water partition coefficient (Wildman–Crippen LogP) is 1.63. The summed E-state index contributed by atoms with van der Waals surface area (Å²) in [5.41, 5.74) is 2.18. The van der Waals surface area contributed by atoms with Crippen LogP contribution in [-0.4, -0.2) is 30.8 Å². The summed E-state index contributed by atoms with van der Waals surface area (Å²) in [7, 11) is 0. The second kappa shape index (κ2) is 5.38. The normalized spacial score (nSPS) is 10.8. The van der Waals surface area contributed by atoms with Crippen LogP contribution in [0.3, 0.4) is 0 Å². The molecule has 0 radical (unpaired) electrons. The first-order valence-corrected chi connectivity index (χ1v) is 6.95. The van der Waals surface area contributed by atoms with Gasteiger partial charge in [0, 0.05) is 31.0 Å². The molecule has 2 heterocycles. The van der Waals surface area contributed by atoms with Crippen LogP contribution in [-0.2, 0) is 6.54 Å². The zero-order valence-corrected chi connectivity index (χ0v) is 11.7. The van der Waals surface area contributed by atoms with Gasteiger partial charge in [-0.2, -0.15) is 8.75 Å². The van der Waals surface area contributed by atoms with Crippen LogP contribution in [0.15, 0.2) is 30.6 Å². The Labute approximate surface area is 119 Å². The number of rotatable bonds is 4. The van der Waals surface area contributed by atoms with E-state index >= 15 is 0 Å². The lowest BCUT2D eigenvalue weighted by Gasteiger charge is -2.07. The molecule has 0 spiro atoms. The van der Waals surface area contributed by atoms with Gasteiger partial charge in [-0.25, -0.2) is 4.98 Å². The lowest BCUT2D eigenvalue weighted by Crippen LogP contribution is -2.27. The molecular formula is C13H13N5OS. The van der Waals surface area contributed by atoms with Crippen molar-refractivity contribution >= 4 is 28.7 Å². The Hall–Kier alpha value is -2.28. The van der Waals surface area contributed by atoms with Crippen molar-refractivity contribution in [1.29, 1.82) is 0 Å². The second-order valence-corrected chi connectivity index (χ2v) is 4.92. The number of hydrogen-bond acceptors (Lipinski definition) is 5. The molecule has 3 rings (SSSR count). The van der Waals surface area contributed by atoms with Gasteiger partial charge in [-0.15, -0.1) is 0 Å². The number of fused-ring (bicyclic) bond motifs is 1. The van der Waals surface area contributed by atoms with Crippen LogP contribution in [0, 0.1) is 6.92 Å². The third kappa shape index (κ3) is 2.53. The standard InChI is InChI=1S/C13H13N5OS/c1-9-14-4-6-18(9)7-5-15-13(19)10-2-3-11-12(8-10)17-20-16-11/h2-4,6,8H,5,7H2,1H3,(H,15,19). The highest BCUT2D eigenvalue weighted by molar-refractivity contribution is 7.00. The quantitative estimate of drug-likeness (QED) is 0.791. The van der Waals surface area contributed by atoms with Gasteiger partial charge in [-0.3, -0.25) is 4.79 Å². The van der Waals surface area contributed by atoms with Crippen LogP contribution in [0.4, 0.5) is 0 Å². The number of aromatic nitrogens is 4. The Kier molecular flexibility index (Phi) is 3.42. The van der Waals surface area contributed by atoms with Gasteiger partial charge in [-0.05, 0) is 25.1 Å². The Balaban J connectivity index is 1.62. The van der Waals surface area contributed by atoms with E-state index in [9.17, 15) is 4.79 Å². The van der Waals surface area contributed by atoms with Crippen LogP contribution in [0.2, 0.25) is 0 Å². The van der Waals surface area contributed by atoms with Gasteiger partial charge in [-0.1, -0.05) is 0 Å². The van der Waals surface area contributed by atoms with Gasteiger partial charge in [0.2, 0.25) is 0 Å². The number of carbonyl (C=O) groups is 1. The number of imidazole rings is 1. The highest BCUT2D eigenvalue weighted by Gasteiger charge is 2.07. The fourth-order valence-electron chi connectivity index (χ4n) is 1.96. The summed E-state index contributed by atoms with van der Waals surface area (Å²) in [6.07, 6.45) is 3.65. The zero-order chi connectivity index (χ0) is 13.9. The van der Waals surface area contributed by atoms with Gasteiger partial charge in [0.15, 0.2) is 0 Å². The molecule has 0 fully saturated rings. The van der Waals surface area contributed by atoms with E-state index < -0.39 is 0 Å². The number of aryl methyl sites for hydroxylation is 1. The minimum Gasteiger partial charge on any atom is -0.350 e. The Morgan fingerprint density at radius 2 is 2.20 bits per heavy atom.